The quantitative estimate of drug-likeness (QED) is 0.622. The summed E-state index contributed by atoms with van der Waals surface area (Å²) in [6.07, 6.45) is 5.69. The van der Waals surface area contributed by atoms with Crippen LogP contribution in [0.4, 0.5) is 0 Å². The van der Waals surface area contributed by atoms with Gasteiger partial charge in [0.05, 0.1) is 17.8 Å². The molecule has 2 amide bonds. The summed E-state index contributed by atoms with van der Waals surface area (Å²) in [6, 6.07) is -1.48. The highest BCUT2D eigenvalue weighted by atomic mass is 32.1. The van der Waals surface area contributed by atoms with Gasteiger partial charge in [0.2, 0.25) is 11.8 Å². The number of likely N-dealkylation sites (tertiary alicyclic amines) is 1. The molecule has 3 heterocycles. The molecule has 0 bridgehead atoms. The molecule has 0 radical (unpaired) electrons. The molecule has 3 unspecified atom stereocenters. The average Bonchev–Trinajstić information content (AvgIpc) is 3.66. The Kier molecular flexibility index (Phi) is 6.00. The van der Waals surface area contributed by atoms with E-state index in [1.165, 1.54) is 0 Å². The lowest BCUT2D eigenvalue weighted by atomic mass is 9.85. The van der Waals surface area contributed by atoms with Crippen molar-refractivity contribution < 1.29 is 14.7 Å². The number of nitrogens with one attached hydrogen (secondary N) is 1. The Balaban J connectivity index is 1.37. The zero-order chi connectivity index (χ0) is 24.2. The standard InChI is InChI=1S/C24H34N6O3S/c1-13-12-34-22(25-13)19(15-7-8-15)26-21(32)18-9-16(31)10-29(18)23(33)20(24(2,3)4)30-11-17(27-28-30)14-5-6-14/h11-12,14-16,18-20,31H,5-10H2,1-4H3,(H,26,32)/t16?,18?,19?,20-/m1/s1. The second-order valence-corrected chi connectivity index (χ2v) is 12.1. The van der Waals surface area contributed by atoms with Gasteiger partial charge in [0, 0.05) is 36.2 Å². The van der Waals surface area contributed by atoms with Crippen LogP contribution in [-0.2, 0) is 9.59 Å². The largest absolute Gasteiger partial charge is 0.391 e. The van der Waals surface area contributed by atoms with Crippen molar-refractivity contribution in [3.63, 3.8) is 0 Å². The van der Waals surface area contributed by atoms with Crippen molar-refractivity contribution in [2.75, 3.05) is 6.54 Å². The topological polar surface area (TPSA) is 113 Å². The van der Waals surface area contributed by atoms with E-state index >= 15 is 0 Å². The van der Waals surface area contributed by atoms with Gasteiger partial charge in [-0.1, -0.05) is 26.0 Å². The summed E-state index contributed by atoms with van der Waals surface area (Å²) >= 11 is 1.56. The predicted octanol–water partition coefficient (Wildman–Crippen LogP) is 2.74. The Hall–Kier alpha value is -2.33. The third kappa shape index (κ3) is 4.75. The molecule has 2 saturated carbocycles. The highest BCUT2D eigenvalue weighted by Gasteiger charge is 2.46. The van der Waals surface area contributed by atoms with Crippen LogP contribution in [0.5, 0.6) is 0 Å². The molecule has 0 spiro atoms. The van der Waals surface area contributed by atoms with E-state index in [9.17, 15) is 14.7 Å². The zero-order valence-corrected chi connectivity index (χ0v) is 21.1. The SMILES string of the molecule is Cc1csc(C(NC(=O)C2CC(O)CN2C(=O)[C@@H](n2cc(C3CC3)nn2)C(C)(C)C)C2CC2)n1. The first-order chi connectivity index (χ1) is 16.1. The van der Waals surface area contributed by atoms with Crippen molar-refractivity contribution >= 4 is 23.2 Å². The first-order valence-electron chi connectivity index (χ1n) is 12.2. The van der Waals surface area contributed by atoms with Crippen LogP contribution in [0.3, 0.4) is 0 Å². The van der Waals surface area contributed by atoms with Gasteiger partial charge in [0.15, 0.2) is 0 Å². The summed E-state index contributed by atoms with van der Waals surface area (Å²) < 4.78 is 1.65. The molecular weight excluding hydrogens is 452 g/mol. The molecule has 4 atom stereocenters. The number of β-amino-alcohol motifs (C(OH)–C–C–N with tert-alkyl or cyclic N) is 1. The minimum atomic E-state index is -0.737. The number of nitrogens with zero attached hydrogens (tertiary/aromatic N) is 5. The summed E-state index contributed by atoms with van der Waals surface area (Å²) in [6.45, 7) is 8.06. The number of hydrogen-bond donors (Lipinski definition) is 2. The van der Waals surface area contributed by atoms with Crippen LogP contribution in [0, 0.1) is 18.3 Å². The Morgan fingerprint density at radius 3 is 2.56 bits per heavy atom. The van der Waals surface area contributed by atoms with E-state index in [1.807, 2.05) is 39.3 Å². The van der Waals surface area contributed by atoms with E-state index in [2.05, 4.69) is 20.6 Å². The van der Waals surface area contributed by atoms with E-state index < -0.39 is 23.6 Å². The molecule has 34 heavy (non-hydrogen) atoms. The Labute approximate surface area is 203 Å². The van der Waals surface area contributed by atoms with Crippen molar-refractivity contribution in [3.8, 4) is 0 Å². The van der Waals surface area contributed by atoms with Gasteiger partial charge in [0.1, 0.15) is 17.1 Å². The molecule has 2 aromatic heterocycles. The van der Waals surface area contributed by atoms with E-state index in [0.29, 0.717) is 11.8 Å². The smallest absolute Gasteiger partial charge is 0.248 e. The minimum Gasteiger partial charge on any atom is -0.391 e. The lowest BCUT2D eigenvalue weighted by Crippen LogP contribution is -2.51. The summed E-state index contributed by atoms with van der Waals surface area (Å²) in [4.78, 5) is 33.5. The van der Waals surface area contributed by atoms with Crippen molar-refractivity contribution in [2.45, 2.75) is 89.9 Å². The summed E-state index contributed by atoms with van der Waals surface area (Å²) in [7, 11) is 0. The molecule has 3 fully saturated rings. The second kappa shape index (κ2) is 8.71. The Morgan fingerprint density at radius 1 is 1.24 bits per heavy atom. The minimum absolute atomic E-state index is 0.137. The normalized spacial score (nSPS) is 24.8. The van der Waals surface area contributed by atoms with Crippen LogP contribution in [0.2, 0.25) is 0 Å². The fourth-order valence-electron chi connectivity index (χ4n) is 4.90. The average molecular weight is 487 g/mol. The number of carbonyl (C=O) groups excluding carboxylic acids is 2. The summed E-state index contributed by atoms with van der Waals surface area (Å²) in [5.41, 5.74) is 1.41. The number of rotatable bonds is 7. The number of amides is 2. The predicted molar refractivity (Wildman–Crippen MR) is 127 cm³/mol. The van der Waals surface area contributed by atoms with E-state index in [1.54, 1.807) is 20.9 Å². The summed E-state index contributed by atoms with van der Waals surface area (Å²) in [5, 5.41) is 25.1. The first-order valence-corrected chi connectivity index (χ1v) is 13.1. The van der Waals surface area contributed by atoms with Gasteiger partial charge in [-0.2, -0.15) is 0 Å². The fourth-order valence-corrected chi connectivity index (χ4v) is 5.84. The highest BCUT2D eigenvalue weighted by molar-refractivity contribution is 7.09. The van der Waals surface area contributed by atoms with Crippen LogP contribution in [0.15, 0.2) is 11.6 Å². The molecule has 2 aromatic rings. The Bertz CT molecular complexity index is 1070. The van der Waals surface area contributed by atoms with Crippen LogP contribution in [0.1, 0.15) is 87.3 Å². The van der Waals surface area contributed by atoms with Crippen LogP contribution < -0.4 is 5.32 Å². The number of hydrogen-bond acceptors (Lipinski definition) is 7. The van der Waals surface area contributed by atoms with E-state index in [4.69, 9.17) is 0 Å². The lowest BCUT2D eigenvalue weighted by Gasteiger charge is -2.35. The molecule has 10 heteroatoms. The van der Waals surface area contributed by atoms with Crippen molar-refractivity contribution in [1.29, 1.82) is 0 Å². The summed E-state index contributed by atoms with van der Waals surface area (Å²) in [5.74, 6) is 0.387. The maximum atomic E-state index is 13.9. The van der Waals surface area contributed by atoms with Gasteiger partial charge < -0.3 is 15.3 Å². The molecular formula is C24H34N6O3S. The maximum Gasteiger partial charge on any atom is 0.248 e. The number of aliphatic hydroxyl groups excluding tert-OH is 1. The van der Waals surface area contributed by atoms with Crippen LogP contribution in [-0.4, -0.2) is 60.5 Å². The number of aliphatic hydroxyl groups is 1. The zero-order valence-electron chi connectivity index (χ0n) is 20.3. The fraction of sp³-hybridized carbons (Fsp3) is 0.708. The van der Waals surface area contributed by atoms with Crippen molar-refractivity contribution in [1.82, 2.24) is 30.2 Å². The van der Waals surface area contributed by atoms with Crippen molar-refractivity contribution in [3.05, 3.63) is 28.0 Å². The van der Waals surface area contributed by atoms with Gasteiger partial charge in [0.25, 0.3) is 0 Å². The third-order valence-corrected chi connectivity index (χ3v) is 8.05. The molecule has 2 N–H and O–H groups in total. The highest BCUT2D eigenvalue weighted by Crippen LogP contribution is 2.43. The molecule has 184 valence electrons. The molecule has 1 saturated heterocycles. The number of thiazole rings is 1. The van der Waals surface area contributed by atoms with Gasteiger partial charge in [-0.25, -0.2) is 9.67 Å². The molecule has 3 aliphatic rings. The van der Waals surface area contributed by atoms with Crippen molar-refractivity contribution in [2.24, 2.45) is 11.3 Å². The van der Waals surface area contributed by atoms with Crippen LogP contribution in [0.25, 0.3) is 0 Å². The second-order valence-electron chi connectivity index (χ2n) is 11.2. The number of aromatic nitrogens is 4. The van der Waals surface area contributed by atoms with E-state index in [-0.39, 0.29) is 30.8 Å². The third-order valence-electron chi connectivity index (χ3n) is 7.00. The van der Waals surface area contributed by atoms with Gasteiger partial charge >= 0.3 is 0 Å². The monoisotopic (exact) mass is 486 g/mol. The maximum absolute atomic E-state index is 13.9. The molecule has 2 aliphatic carbocycles. The van der Waals surface area contributed by atoms with Gasteiger partial charge in [-0.05, 0) is 43.9 Å². The molecule has 5 rings (SSSR count). The van der Waals surface area contributed by atoms with Gasteiger partial charge in [-0.15, -0.1) is 16.4 Å². The Morgan fingerprint density at radius 2 is 1.97 bits per heavy atom. The first kappa shape index (κ1) is 23.4. The van der Waals surface area contributed by atoms with E-state index in [0.717, 1.165) is 42.1 Å². The van der Waals surface area contributed by atoms with Gasteiger partial charge in [-0.3, -0.25) is 9.59 Å². The number of aryl methyl sites for hydroxylation is 1. The van der Waals surface area contributed by atoms with Crippen LogP contribution >= 0.6 is 11.3 Å². The number of carbonyl (C=O) groups is 2. The molecule has 0 aromatic carbocycles. The molecule has 9 nitrogen and oxygen atoms in total. The lowest BCUT2D eigenvalue weighted by molar-refractivity contribution is -0.144. The molecule has 1 aliphatic heterocycles.